The highest BCUT2D eigenvalue weighted by Crippen LogP contribution is 2.31. The number of amides is 1. The van der Waals surface area contributed by atoms with Crippen LogP contribution in [-0.2, 0) is 0 Å². The molecule has 0 aliphatic heterocycles. The highest BCUT2D eigenvalue weighted by Gasteiger charge is 2.28. The number of carbonyl (C=O) groups is 1. The third kappa shape index (κ3) is 4.61. The Kier molecular flexibility index (Phi) is 7.55. The van der Waals surface area contributed by atoms with Gasteiger partial charge in [0.25, 0.3) is 5.91 Å². The Morgan fingerprint density at radius 2 is 2.22 bits per heavy atom. The first-order valence-corrected chi connectivity index (χ1v) is 5.69. The van der Waals surface area contributed by atoms with Crippen LogP contribution in [0.2, 0.25) is 5.02 Å². The summed E-state index contributed by atoms with van der Waals surface area (Å²) in [5.41, 5.74) is 6.33. The Labute approximate surface area is 123 Å². The summed E-state index contributed by atoms with van der Waals surface area (Å²) in [6.07, 6.45) is 5.35. The van der Waals surface area contributed by atoms with Crippen LogP contribution in [0, 0.1) is 5.92 Å². The topological polar surface area (TPSA) is 68.0 Å². The molecule has 0 radical (unpaired) electrons. The van der Waals surface area contributed by atoms with Gasteiger partial charge in [-0.2, -0.15) is 0 Å². The van der Waals surface area contributed by atoms with Gasteiger partial charge in [0.05, 0.1) is 10.6 Å². The van der Waals surface area contributed by atoms with Crippen molar-refractivity contribution in [3.8, 4) is 0 Å². The average molecular weight is 313 g/mol. The van der Waals surface area contributed by atoms with Crippen molar-refractivity contribution in [1.29, 1.82) is 0 Å². The van der Waals surface area contributed by atoms with Gasteiger partial charge in [-0.1, -0.05) is 11.6 Å². The molecule has 18 heavy (non-hydrogen) atoms. The van der Waals surface area contributed by atoms with Crippen LogP contribution < -0.4 is 11.1 Å². The molecule has 0 aromatic carbocycles. The number of nitrogens with zero attached hydrogens (tertiary/aromatic N) is 1. The van der Waals surface area contributed by atoms with Crippen LogP contribution >= 0.6 is 36.4 Å². The molecule has 1 amide bonds. The van der Waals surface area contributed by atoms with Gasteiger partial charge >= 0.3 is 0 Å². The van der Waals surface area contributed by atoms with Crippen LogP contribution in [0.15, 0.2) is 18.5 Å². The van der Waals surface area contributed by atoms with E-state index in [-0.39, 0.29) is 36.8 Å². The summed E-state index contributed by atoms with van der Waals surface area (Å²) in [5.74, 6) is 0.386. The molecular weight excluding hydrogens is 297 g/mol. The predicted octanol–water partition coefficient (Wildman–Crippen LogP) is 2.05. The van der Waals surface area contributed by atoms with Crippen molar-refractivity contribution in [2.75, 3.05) is 6.54 Å². The Hall–Kier alpha value is -0.550. The number of nitrogens with two attached hydrogens (primary N) is 1. The van der Waals surface area contributed by atoms with Crippen LogP contribution in [-0.4, -0.2) is 23.5 Å². The van der Waals surface area contributed by atoms with Gasteiger partial charge in [0.15, 0.2) is 0 Å². The maximum Gasteiger partial charge on any atom is 0.252 e. The third-order valence-corrected chi connectivity index (χ3v) is 3.04. The lowest BCUT2D eigenvalue weighted by molar-refractivity contribution is 0.0950. The second kappa shape index (κ2) is 7.79. The molecule has 0 bridgehead atoms. The molecule has 2 rings (SSSR count). The van der Waals surface area contributed by atoms with Crippen molar-refractivity contribution in [2.45, 2.75) is 18.9 Å². The average Bonchev–Trinajstić information content (AvgIpc) is 3.10. The summed E-state index contributed by atoms with van der Waals surface area (Å²) in [6, 6.07) is 1.66. The number of hydrogen-bond donors (Lipinski definition) is 2. The zero-order chi connectivity index (χ0) is 11.5. The molecule has 1 aliphatic carbocycles. The summed E-state index contributed by atoms with van der Waals surface area (Å²) in [6.45, 7) is 0.502. The van der Waals surface area contributed by atoms with Crippen molar-refractivity contribution in [2.24, 2.45) is 11.7 Å². The first kappa shape index (κ1) is 17.4. The van der Waals surface area contributed by atoms with Crippen molar-refractivity contribution in [3.63, 3.8) is 0 Å². The van der Waals surface area contributed by atoms with Crippen molar-refractivity contribution in [1.82, 2.24) is 10.3 Å². The quantitative estimate of drug-likeness (QED) is 0.894. The van der Waals surface area contributed by atoms with E-state index in [4.69, 9.17) is 17.3 Å². The van der Waals surface area contributed by atoms with E-state index in [9.17, 15) is 4.79 Å². The van der Waals surface area contributed by atoms with Gasteiger partial charge in [0.1, 0.15) is 0 Å². The lowest BCUT2D eigenvalue weighted by Gasteiger charge is -2.11. The summed E-state index contributed by atoms with van der Waals surface area (Å²) < 4.78 is 0. The smallest absolute Gasteiger partial charge is 0.252 e. The lowest BCUT2D eigenvalue weighted by atomic mass is 10.2. The minimum atomic E-state index is -0.191. The second-order valence-electron chi connectivity index (χ2n) is 4.07. The molecule has 1 unspecified atom stereocenters. The number of hydrogen-bond acceptors (Lipinski definition) is 3. The largest absolute Gasteiger partial charge is 0.350 e. The van der Waals surface area contributed by atoms with Crippen LogP contribution in [0.3, 0.4) is 0 Å². The van der Waals surface area contributed by atoms with Gasteiger partial charge in [-0.15, -0.1) is 24.8 Å². The van der Waals surface area contributed by atoms with Gasteiger partial charge in [0.2, 0.25) is 0 Å². The molecule has 1 saturated carbocycles. The molecule has 1 aromatic rings. The first-order chi connectivity index (χ1) is 7.68. The second-order valence-corrected chi connectivity index (χ2v) is 4.47. The number of pyridine rings is 1. The molecule has 0 spiro atoms. The SMILES string of the molecule is Cl.Cl.NC(CNC(=O)c1ccncc1Cl)C1CC1. The number of nitrogens with one attached hydrogen (secondary N) is 1. The molecule has 1 heterocycles. The Balaban J connectivity index is 0.00000144. The Bertz CT molecular complexity index is 399. The highest BCUT2D eigenvalue weighted by molar-refractivity contribution is 6.33. The van der Waals surface area contributed by atoms with E-state index in [1.807, 2.05) is 0 Å². The maximum absolute atomic E-state index is 11.7. The van der Waals surface area contributed by atoms with E-state index in [1.165, 1.54) is 19.0 Å². The third-order valence-electron chi connectivity index (χ3n) is 2.74. The molecule has 0 saturated heterocycles. The summed E-state index contributed by atoms with van der Waals surface area (Å²) in [4.78, 5) is 15.6. The van der Waals surface area contributed by atoms with Crippen LogP contribution in [0.1, 0.15) is 23.2 Å². The van der Waals surface area contributed by atoms with E-state index < -0.39 is 0 Å². The van der Waals surface area contributed by atoms with Crippen LogP contribution in [0.5, 0.6) is 0 Å². The molecular formula is C11H16Cl3N3O. The number of aromatic nitrogens is 1. The van der Waals surface area contributed by atoms with Crippen molar-refractivity contribution in [3.05, 3.63) is 29.0 Å². The summed E-state index contributed by atoms with van der Waals surface area (Å²) >= 11 is 5.85. The van der Waals surface area contributed by atoms with Gasteiger partial charge in [0, 0.05) is 25.0 Å². The number of carbonyl (C=O) groups excluding carboxylic acids is 1. The van der Waals surface area contributed by atoms with Crippen molar-refractivity contribution < 1.29 is 4.79 Å². The monoisotopic (exact) mass is 311 g/mol. The zero-order valence-corrected chi connectivity index (χ0v) is 12.0. The van der Waals surface area contributed by atoms with Crippen molar-refractivity contribution >= 4 is 42.3 Å². The molecule has 1 atom stereocenters. The molecule has 4 nitrogen and oxygen atoms in total. The summed E-state index contributed by atoms with van der Waals surface area (Å²) in [7, 11) is 0. The first-order valence-electron chi connectivity index (χ1n) is 5.32. The standard InChI is InChI=1S/C11H14ClN3O.2ClH/c12-9-5-14-4-3-8(9)11(16)15-6-10(13)7-1-2-7;;/h3-5,7,10H,1-2,6,13H2,(H,15,16);2*1H. The highest BCUT2D eigenvalue weighted by atomic mass is 35.5. The molecule has 3 N–H and O–H groups in total. The number of halogens is 3. The van der Waals surface area contributed by atoms with Gasteiger partial charge < -0.3 is 11.1 Å². The Morgan fingerprint density at radius 1 is 1.56 bits per heavy atom. The fourth-order valence-corrected chi connectivity index (χ4v) is 1.76. The van der Waals surface area contributed by atoms with Gasteiger partial charge in [-0.25, -0.2) is 0 Å². The van der Waals surface area contributed by atoms with Crippen LogP contribution in [0.25, 0.3) is 0 Å². The van der Waals surface area contributed by atoms with E-state index in [0.717, 1.165) is 0 Å². The minimum absolute atomic E-state index is 0. The molecule has 1 fully saturated rings. The molecule has 1 aromatic heterocycles. The van der Waals surface area contributed by atoms with Gasteiger partial charge in [-0.05, 0) is 24.8 Å². The maximum atomic E-state index is 11.7. The van der Waals surface area contributed by atoms with E-state index in [2.05, 4.69) is 10.3 Å². The predicted molar refractivity (Wildman–Crippen MR) is 76.8 cm³/mol. The normalized spacial score (nSPS) is 15.0. The zero-order valence-electron chi connectivity index (χ0n) is 9.64. The van der Waals surface area contributed by atoms with E-state index >= 15 is 0 Å². The van der Waals surface area contributed by atoms with Crippen LogP contribution in [0.4, 0.5) is 0 Å². The molecule has 102 valence electrons. The minimum Gasteiger partial charge on any atom is -0.350 e. The lowest BCUT2D eigenvalue weighted by Crippen LogP contribution is -2.38. The van der Waals surface area contributed by atoms with E-state index in [0.29, 0.717) is 23.0 Å². The molecule has 1 aliphatic rings. The fourth-order valence-electron chi connectivity index (χ4n) is 1.56. The van der Waals surface area contributed by atoms with E-state index in [1.54, 1.807) is 12.3 Å². The molecule has 7 heteroatoms. The van der Waals surface area contributed by atoms with Gasteiger partial charge in [-0.3, -0.25) is 9.78 Å². The Morgan fingerprint density at radius 3 is 2.78 bits per heavy atom. The summed E-state index contributed by atoms with van der Waals surface area (Å²) in [5, 5.41) is 3.15. The fraction of sp³-hybridized carbons (Fsp3) is 0.455. The number of rotatable bonds is 4.